The van der Waals surface area contributed by atoms with E-state index < -0.39 is 11.7 Å². The number of ether oxygens (including phenoxy) is 1. The third-order valence-corrected chi connectivity index (χ3v) is 6.68. The molecule has 0 atom stereocenters. The second-order valence-corrected chi connectivity index (χ2v) is 9.01. The fourth-order valence-electron chi connectivity index (χ4n) is 3.55. The van der Waals surface area contributed by atoms with E-state index in [1.807, 2.05) is 30.7 Å². The summed E-state index contributed by atoms with van der Waals surface area (Å²) < 4.78 is 47.3. The van der Waals surface area contributed by atoms with Crippen molar-refractivity contribution in [2.75, 3.05) is 12.8 Å². The number of hydrogen-bond acceptors (Lipinski definition) is 5. The van der Waals surface area contributed by atoms with Crippen LogP contribution in [0.3, 0.4) is 0 Å². The first-order chi connectivity index (χ1) is 15.6. The van der Waals surface area contributed by atoms with Crippen LogP contribution in [0, 0.1) is 13.8 Å². The molecule has 0 saturated carbocycles. The molecule has 5 nitrogen and oxygen atoms in total. The minimum Gasteiger partial charge on any atom is -0.494 e. The highest BCUT2D eigenvalue weighted by atomic mass is 35.5. The molecule has 172 valence electrons. The van der Waals surface area contributed by atoms with Gasteiger partial charge < -0.3 is 15.0 Å². The molecule has 0 saturated heterocycles. The van der Waals surface area contributed by atoms with Crippen LogP contribution >= 0.6 is 22.9 Å². The number of anilines is 1. The van der Waals surface area contributed by atoms with Crippen LogP contribution in [0.15, 0.2) is 42.9 Å². The Morgan fingerprint density at radius 3 is 2.58 bits per heavy atom. The van der Waals surface area contributed by atoms with E-state index in [0.717, 1.165) is 22.3 Å². The van der Waals surface area contributed by atoms with Gasteiger partial charge in [0.2, 0.25) is 0 Å². The summed E-state index contributed by atoms with van der Waals surface area (Å²) in [6.45, 7) is 3.71. The van der Waals surface area contributed by atoms with Gasteiger partial charge in [0.1, 0.15) is 5.01 Å². The Hall–Kier alpha value is -3.04. The molecule has 2 heterocycles. The molecule has 2 N–H and O–H groups in total. The largest absolute Gasteiger partial charge is 0.494 e. The lowest BCUT2D eigenvalue weighted by atomic mass is 10.1. The number of thiazole rings is 1. The number of alkyl halides is 3. The van der Waals surface area contributed by atoms with E-state index in [-0.39, 0.29) is 11.4 Å². The fourth-order valence-corrected chi connectivity index (χ4v) is 4.94. The summed E-state index contributed by atoms with van der Waals surface area (Å²) in [6, 6.07) is 7.56. The molecule has 0 amide bonds. The van der Waals surface area contributed by atoms with Crippen LogP contribution < -0.4 is 10.5 Å². The predicted octanol–water partition coefficient (Wildman–Crippen LogP) is 6.47. The van der Waals surface area contributed by atoms with Crippen molar-refractivity contribution < 1.29 is 17.9 Å². The van der Waals surface area contributed by atoms with Crippen molar-refractivity contribution in [1.82, 2.24) is 14.5 Å². The molecule has 2 aromatic heterocycles. The summed E-state index contributed by atoms with van der Waals surface area (Å²) in [5.41, 5.74) is 9.38. The van der Waals surface area contributed by atoms with Crippen molar-refractivity contribution >= 4 is 28.6 Å². The summed E-state index contributed by atoms with van der Waals surface area (Å²) in [5, 5.41) is 0.303. The van der Waals surface area contributed by atoms with E-state index in [1.54, 1.807) is 25.6 Å². The number of nitrogen functional groups attached to an aromatic ring is 1. The first-order valence-electron chi connectivity index (χ1n) is 9.88. The number of rotatable bonds is 5. The summed E-state index contributed by atoms with van der Waals surface area (Å²) in [4.78, 5) is 9.75. The lowest BCUT2D eigenvalue weighted by molar-refractivity contribution is -0.137. The predicted molar refractivity (Wildman–Crippen MR) is 124 cm³/mol. The van der Waals surface area contributed by atoms with Crippen molar-refractivity contribution in [3.05, 3.63) is 75.3 Å². The van der Waals surface area contributed by atoms with E-state index >= 15 is 0 Å². The smallest absolute Gasteiger partial charge is 0.417 e. The quantitative estimate of drug-likeness (QED) is 0.324. The molecule has 0 aliphatic heterocycles. The van der Waals surface area contributed by atoms with Crippen LogP contribution in [0.5, 0.6) is 5.75 Å². The molecule has 0 radical (unpaired) electrons. The van der Waals surface area contributed by atoms with E-state index in [9.17, 15) is 13.2 Å². The third kappa shape index (κ3) is 4.56. The standard InChI is InChI=1S/C23H20ClF3N4OS/c1-12-10-31(11-29-12)18-7-6-17(28)20(21(18)32-3)22-30-13(2)19(33-22)9-14-4-5-16(24)15(8-14)23(25,26)27/h4-8,10-11H,9,28H2,1-3H3. The van der Waals surface area contributed by atoms with Crippen LogP contribution in [-0.2, 0) is 12.6 Å². The van der Waals surface area contributed by atoms with Gasteiger partial charge in [-0.05, 0) is 43.7 Å². The molecular weight excluding hydrogens is 473 g/mol. The normalized spacial score (nSPS) is 11.7. The molecule has 0 spiro atoms. The van der Waals surface area contributed by atoms with Crippen molar-refractivity contribution in [3.63, 3.8) is 0 Å². The topological polar surface area (TPSA) is 66.0 Å². The average molecular weight is 493 g/mol. The summed E-state index contributed by atoms with van der Waals surface area (Å²) >= 11 is 7.12. The van der Waals surface area contributed by atoms with Gasteiger partial charge in [-0.15, -0.1) is 11.3 Å². The molecule has 0 aliphatic rings. The number of benzene rings is 2. The Balaban J connectivity index is 1.75. The summed E-state index contributed by atoms with van der Waals surface area (Å²) in [5.74, 6) is 0.540. The van der Waals surface area contributed by atoms with Crippen molar-refractivity contribution in [1.29, 1.82) is 0 Å². The van der Waals surface area contributed by atoms with Crippen molar-refractivity contribution in [3.8, 4) is 22.0 Å². The second-order valence-electron chi connectivity index (χ2n) is 7.52. The number of halogens is 4. The van der Waals surface area contributed by atoms with Gasteiger partial charge in [-0.1, -0.05) is 17.7 Å². The van der Waals surface area contributed by atoms with Gasteiger partial charge in [-0.25, -0.2) is 9.97 Å². The first-order valence-corrected chi connectivity index (χ1v) is 11.1. The van der Waals surface area contributed by atoms with Crippen molar-refractivity contribution in [2.45, 2.75) is 26.4 Å². The van der Waals surface area contributed by atoms with Gasteiger partial charge >= 0.3 is 6.18 Å². The number of hydrogen-bond donors (Lipinski definition) is 1. The highest BCUT2D eigenvalue weighted by Crippen LogP contribution is 2.43. The Morgan fingerprint density at radius 1 is 1.18 bits per heavy atom. The summed E-state index contributed by atoms with van der Waals surface area (Å²) in [7, 11) is 1.55. The molecule has 33 heavy (non-hydrogen) atoms. The maximum atomic E-state index is 13.3. The van der Waals surface area contributed by atoms with E-state index in [0.29, 0.717) is 33.3 Å². The molecule has 4 rings (SSSR count). The number of aryl methyl sites for hydroxylation is 2. The SMILES string of the molecule is COc1c(-n2cnc(C)c2)ccc(N)c1-c1nc(C)c(Cc2ccc(Cl)c(C(F)(F)F)c2)s1. The van der Waals surface area contributed by atoms with Crippen LogP contribution in [0.25, 0.3) is 16.3 Å². The first kappa shape index (κ1) is 23.1. The lowest BCUT2D eigenvalue weighted by Gasteiger charge is -2.14. The van der Waals surface area contributed by atoms with Gasteiger partial charge in [0.15, 0.2) is 5.75 Å². The second kappa shape index (κ2) is 8.72. The maximum Gasteiger partial charge on any atom is 0.417 e. The zero-order valence-corrected chi connectivity index (χ0v) is 19.6. The third-order valence-electron chi connectivity index (χ3n) is 5.17. The van der Waals surface area contributed by atoms with Crippen LogP contribution in [-0.4, -0.2) is 21.6 Å². The minimum absolute atomic E-state index is 0.284. The molecule has 0 bridgehead atoms. The molecule has 0 unspecified atom stereocenters. The Morgan fingerprint density at radius 2 is 1.94 bits per heavy atom. The molecular formula is C23H20ClF3N4OS. The zero-order valence-electron chi connectivity index (χ0n) is 18.0. The number of imidazole rings is 1. The Labute approximate surface area is 197 Å². The average Bonchev–Trinajstić information content (AvgIpc) is 3.33. The van der Waals surface area contributed by atoms with E-state index in [4.69, 9.17) is 22.1 Å². The number of nitrogens with two attached hydrogens (primary N) is 1. The molecule has 10 heteroatoms. The number of methoxy groups -OCH3 is 1. The highest BCUT2D eigenvalue weighted by Gasteiger charge is 2.33. The van der Waals surface area contributed by atoms with Gasteiger partial charge in [0.25, 0.3) is 0 Å². The molecule has 4 aromatic rings. The lowest BCUT2D eigenvalue weighted by Crippen LogP contribution is -2.06. The maximum absolute atomic E-state index is 13.3. The minimum atomic E-state index is -4.52. The van der Waals surface area contributed by atoms with Crippen LogP contribution in [0.4, 0.5) is 18.9 Å². The van der Waals surface area contributed by atoms with Gasteiger partial charge in [0.05, 0.1) is 46.7 Å². The molecule has 0 aliphatic carbocycles. The Kier molecular flexibility index (Phi) is 6.11. The molecule has 0 fully saturated rings. The van der Waals surface area contributed by atoms with Crippen molar-refractivity contribution in [2.24, 2.45) is 0 Å². The van der Waals surface area contributed by atoms with Gasteiger partial charge in [-0.3, -0.25) is 0 Å². The van der Waals surface area contributed by atoms with E-state index in [1.165, 1.54) is 17.4 Å². The fraction of sp³-hybridized carbons (Fsp3) is 0.217. The number of nitrogens with zero attached hydrogens (tertiary/aromatic N) is 3. The van der Waals surface area contributed by atoms with Crippen LogP contribution in [0.1, 0.15) is 27.4 Å². The highest BCUT2D eigenvalue weighted by molar-refractivity contribution is 7.15. The zero-order chi connectivity index (χ0) is 23.9. The van der Waals surface area contributed by atoms with Crippen LogP contribution in [0.2, 0.25) is 5.02 Å². The number of aromatic nitrogens is 3. The monoisotopic (exact) mass is 492 g/mol. The van der Waals surface area contributed by atoms with Gasteiger partial charge in [0, 0.05) is 23.2 Å². The Bertz CT molecular complexity index is 1330. The van der Waals surface area contributed by atoms with E-state index in [2.05, 4.69) is 9.97 Å². The summed E-state index contributed by atoms with van der Waals surface area (Å²) in [6.07, 6.45) is -0.680. The van der Waals surface area contributed by atoms with Gasteiger partial charge in [-0.2, -0.15) is 13.2 Å². The molecule has 2 aromatic carbocycles.